The number of carbonyl (C=O) groups is 1. The van der Waals surface area contributed by atoms with Crippen LogP contribution in [-0.2, 0) is 4.74 Å². The van der Waals surface area contributed by atoms with Gasteiger partial charge in [0.1, 0.15) is 5.69 Å². The minimum absolute atomic E-state index is 0.0823. The van der Waals surface area contributed by atoms with Gasteiger partial charge in [-0.05, 0) is 26.0 Å². The number of Topliss-reactive ketones (excluding diaryl/α,β-unsaturated/α-hetero) is 1. The lowest BCUT2D eigenvalue weighted by Crippen LogP contribution is -2.27. The van der Waals surface area contributed by atoms with Crippen molar-refractivity contribution in [1.82, 2.24) is 4.98 Å². The van der Waals surface area contributed by atoms with Gasteiger partial charge in [0.2, 0.25) is 0 Å². The number of nitrogens with zero attached hydrogens (tertiary/aromatic N) is 2. The number of anilines is 1. The average Bonchev–Trinajstić information content (AvgIpc) is 2.43. The third kappa shape index (κ3) is 4.11. The molecule has 0 unspecified atom stereocenters. The fourth-order valence-corrected chi connectivity index (χ4v) is 1.71. The topological polar surface area (TPSA) is 42.4 Å². The van der Waals surface area contributed by atoms with Gasteiger partial charge in [0.15, 0.2) is 5.78 Å². The van der Waals surface area contributed by atoms with Crippen LogP contribution in [0.5, 0.6) is 0 Å². The number of hydrogen-bond donors (Lipinski definition) is 0. The molecule has 0 radical (unpaired) electrons. The summed E-state index contributed by atoms with van der Waals surface area (Å²) in [6.07, 6.45) is 2.26. The Labute approximate surface area is 109 Å². The van der Waals surface area contributed by atoms with Crippen molar-refractivity contribution in [2.75, 3.05) is 31.2 Å². The van der Waals surface area contributed by atoms with Gasteiger partial charge in [0.05, 0.1) is 18.5 Å². The van der Waals surface area contributed by atoms with Crippen molar-refractivity contribution in [2.24, 2.45) is 0 Å². The Kier molecular flexibility index (Phi) is 6.36. The van der Waals surface area contributed by atoms with E-state index in [2.05, 4.69) is 16.8 Å². The molecule has 1 heterocycles. The summed E-state index contributed by atoms with van der Waals surface area (Å²) in [5.41, 5.74) is 1.58. The molecule has 4 nitrogen and oxygen atoms in total. The first-order chi connectivity index (χ1) is 8.72. The molecule has 0 aliphatic rings. The van der Waals surface area contributed by atoms with Crippen molar-refractivity contribution in [3.05, 3.63) is 24.0 Å². The first-order valence-electron chi connectivity index (χ1n) is 6.54. The van der Waals surface area contributed by atoms with Crippen molar-refractivity contribution in [2.45, 2.75) is 27.2 Å². The molecule has 0 N–H and O–H groups in total. The van der Waals surface area contributed by atoms with Gasteiger partial charge in [-0.25, -0.2) is 0 Å². The van der Waals surface area contributed by atoms with E-state index >= 15 is 0 Å². The third-order valence-corrected chi connectivity index (χ3v) is 2.81. The van der Waals surface area contributed by atoms with E-state index in [0.717, 1.165) is 25.4 Å². The maximum Gasteiger partial charge on any atom is 0.180 e. The van der Waals surface area contributed by atoms with E-state index in [4.69, 9.17) is 4.74 Å². The Morgan fingerprint density at radius 1 is 1.33 bits per heavy atom. The van der Waals surface area contributed by atoms with E-state index in [1.165, 1.54) is 0 Å². The number of pyridine rings is 1. The van der Waals surface area contributed by atoms with Gasteiger partial charge in [0.25, 0.3) is 0 Å². The largest absolute Gasteiger partial charge is 0.380 e. The molecule has 100 valence electrons. The van der Waals surface area contributed by atoms with Gasteiger partial charge in [-0.15, -0.1) is 0 Å². The maximum atomic E-state index is 11.5. The first kappa shape index (κ1) is 14.6. The van der Waals surface area contributed by atoms with Gasteiger partial charge < -0.3 is 9.64 Å². The Balaban J connectivity index is 2.66. The van der Waals surface area contributed by atoms with Gasteiger partial charge in [-0.2, -0.15) is 0 Å². The number of ketones is 1. The van der Waals surface area contributed by atoms with Crippen LogP contribution >= 0.6 is 0 Å². The lowest BCUT2D eigenvalue weighted by molar-refractivity contribution is 0.0983. The highest BCUT2D eigenvalue weighted by Gasteiger charge is 2.07. The monoisotopic (exact) mass is 250 g/mol. The first-order valence-corrected chi connectivity index (χ1v) is 6.54. The van der Waals surface area contributed by atoms with Crippen molar-refractivity contribution in [1.29, 1.82) is 0 Å². The van der Waals surface area contributed by atoms with E-state index < -0.39 is 0 Å². The van der Waals surface area contributed by atoms with Gasteiger partial charge in [0, 0.05) is 26.1 Å². The highest BCUT2D eigenvalue weighted by molar-refractivity contribution is 5.94. The predicted molar refractivity (Wildman–Crippen MR) is 73.2 cm³/mol. The SMILES string of the molecule is CCOCCN(CC)c1ccc(C(=O)CC)nc1. The summed E-state index contributed by atoms with van der Waals surface area (Å²) in [6.45, 7) is 9.11. The molecular weight excluding hydrogens is 228 g/mol. The summed E-state index contributed by atoms with van der Waals surface area (Å²) < 4.78 is 5.35. The summed E-state index contributed by atoms with van der Waals surface area (Å²) in [7, 11) is 0. The molecule has 1 aromatic rings. The lowest BCUT2D eigenvalue weighted by atomic mass is 10.2. The second-order valence-electron chi connectivity index (χ2n) is 3.95. The summed E-state index contributed by atoms with van der Waals surface area (Å²) >= 11 is 0. The zero-order chi connectivity index (χ0) is 13.4. The van der Waals surface area contributed by atoms with E-state index in [0.29, 0.717) is 18.7 Å². The molecule has 1 rings (SSSR count). The third-order valence-electron chi connectivity index (χ3n) is 2.81. The molecule has 0 amide bonds. The van der Waals surface area contributed by atoms with Gasteiger partial charge >= 0.3 is 0 Å². The van der Waals surface area contributed by atoms with Crippen LogP contribution in [0.1, 0.15) is 37.7 Å². The lowest BCUT2D eigenvalue weighted by Gasteiger charge is -2.22. The highest BCUT2D eigenvalue weighted by Crippen LogP contribution is 2.13. The van der Waals surface area contributed by atoms with E-state index in [1.807, 2.05) is 19.9 Å². The Morgan fingerprint density at radius 2 is 2.11 bits per heavy atom. The molecule has 0 aromatic carbocycles. The number of ether oxygens (including phenoxy) is 1. The molecule has 0 bridgehead atoms. The number of likely N-dealkylation sites (N-methyl/N-ethyl adjacent to an activating group) is 1. The van der Waals surface area contributed by atoms with Crippen LogP contribution in [0.3, 0.4) is 0 Å². The van der Waals surface area contributed by atoms with Crippen molar-refractivity contribution < 1.29 is 9.53 Å². The number of aromatic nitrogens is 1. The fraction of sp³-hybridized carbons (Fsp3) is 0.571. The maximum absolute atomic E-state index is 11.5. The van der Waals surface area contributed by atoms with Crippen LogP contribution in [0.25, 0.3) is 0 Å². The normalized spacial score (nSPS) is 10.4. The Bertz CT molecular complexity index is 363. The molecule has 0 fully saturated rings. The highest BCUT2D eigenvalue weighted by atomic mass is 16.5. The molecule has 0 spiro atoms. The molecule has 0 aliphatic heterocycles. The quantitative estimate of drug-likeness (QED) is 0.525. The summed E-state index contributed by atoms with van der Waals surface area (Å²) in [5, 5.41) is 0. The summed E-state index contributed by atoms with van der Waals surface area (Å²) in [4.78, 5) is 17.9. The molecule has 0 saturated carbocycles. The van der Waals surface area contributed by atoms with Crippen molar-refractivity contribution in [3.63, 3.8) is 0 Å². The zero-order valence-corrected chi connectivity index (χ0v) is 11.5. The molecule has 0 atom stereocenters. The zero-order valence-electron chi connectivity index (χ0n) is 11.5. The fourth-order valence-electron chi connectivity index (χ4n) is 1.71. The minimum atomic E-state index is 0.0823. The predicted octanol–water partition coefficient (Wildman–Crippen LogP) is 2.54. The molecule has 1 aromatic heterocycles. The van der Waals surface area contributed by atoms with E-state index in [1.54, 1.807) is 12.3 Å². The Hall–Kier alpha value is -1.42. The van der Waals surface area contributed by atoms with E-state index in [-0.39, 0.29) is 5.78 Å². The average molecular weight is 250 g/mol. The van der Waals surface area contributed by atoms with Crippen molar-refractivity contribution >= 4 is 11.5 Å². The van der Waals surface area contributed by atoms with Crippen molar-refractivity contribution in [3.8, 4) is 0 Å². The molecular formula is C14H22N2O2. The summed E-state index contributed by atoms with van der Waals surface area (Å²) in [6, 6.07) is 3.75. The molecule has 0 aliphatic carbocycles. The smallest absolute Gasteiger partial charge is 0.180 e. The van der Waals surface area contributed by atoms with Crippen LogP contribution in [0.2, 0.25) is 0 Å². The second kappa shape index (κ2) is 7.82. The summed E-state index contributed by atoms with van der Waals surface area (Å²) in [5.74, 6) is 0.0823. The van der Waals surface area contributed by atoms with Crippen LogP contribution in [0.15, 0.2) is 18.3 Å². The molecule has 0 saturated heterocycles. The Morgan fingerprint density at radius 3 is 2.61 bits per heavy atom. The molecule has 18 heavy (non-hydrogen) atoms. The number of hydrogen-bond acceptors (Lipinski definition) is 4. The van der Waals surface area contributed by atoms with Gasteiger partial charge in [-0.3, -0.25) is 9.78 Å². The van der Waals surface area contributed by atoms with Crippen LogP contribution in [0.4, 0.5) is 5.69 Å². The standard InChI is InChI=1S/C14H22N2O2/c1-4-14(17)13-8-7-12(11-15-13)16(5-2)9-10-18-6-3/h7-8,11H,4-6,9-10H2,1-3H3. The minimum Gasteiger partial charge on any atom is -0.380 e. The van der Waals surface area contributed by atoms with E-state index in [9.17, 15) is 4.79 Å². The second-order valence-corrected chi connectivity index (χ2v) is 3.95. The van der Waals surface area contributed by atoms with Crippen LogP contribution < -0.4 is 4.90 Å². The van der Waals surface area contributed by atoms with Crippen LogP contribution in [-0.4, -0.2) is 37.1 Å². The number of rotatable bonds is 8. The molecule has 4 heteroatoms. The van der Waals surface area contributed by atoms with Crippen LogP contribution in [0, 0.1) is 0 Å². The van der Waals surface area contributed by atoms with Gasteiger partial charge in [-0.1, -0.05) is 6.92 Å². The number of carbonyl (C=O) groups excluding carboxylic acids is 1.